The lowest BCUT2D eigenvalue weighted by Crippen LogP contribution is -2.74. The Morgan fingerprint density at radius 3 is 2.48 bits per heavy atom. The predicted octanol–water partition coefficient (Wildman–Crippen LogP) is 3.23. The van der Waals surface area contributed by atoms with Gasteiger partial charge < -0.3 is 15.0 Å². The smallest absolute Gasteiger partial charge is 0.317 e. The average Bonchev–Trinajstić information content (AvgIpc) is 2.84. The van der Waals surface area contributed by atoms with Crippen LogP contribution in [0.1, 0.15) is 22.5 Å². The third kappa shape index (κ3) is 2.96. The van der Waals surface area contributed by atoms with Crippen molar-refractivity contribution in [3.63, 3.8) is 0 Å². The number of fused-ring (bicyclic) bond motifs is 3. The zero-order chi connectivity index (χ0) is 21.8. The molecule has 1 N–H and O–H groups in total. The summed E-state index contributed by atoms with van der Waals surface area (Å²) < 4.78 is 6.14. The van der Waals surface area contributed by atoms with Crippen LogP contribution in [0.4, 0.5) is 5.69 Å². The first kappa shape index (κ1) is 19.5. The fraction of sp³-hybridized carbons (Fsp3) is 0.217. The van der Waals surface area contributed by atoms with Crippen molar-refractivity contribution in [1.82, 2.24) is 14.9 Å². The minimum Gasteiger partial charge on any atom is -0.447 e. The largest absolute Gasteiger partial charge is 0.447 e. The Hall–Kier alpha value is -3.45. The molecule has 31 heavy (non-hydrogen) atoms. The van der Waals surface area contributed by atoms with E-state index in [0.717, 1.165) is 17.0 Å². The van der Waals surface area contributed by atoms with Crippen molar-refractivity contribution in [3.05, 3.63) is 82.1 Å². The molecule has 0 aliphatic carbocycles. The number of halogens is 1. The second-order valence-corrected chi connectivity index (χ2v) is 8.16. The second kappa shape index (κ2) is 7.06. The minimum absolute atomic E-state index is 0.104. The molecule has 0 spiro atoms. The van der Waals surface area contributed by atoms with E-state index in [-0.39, 0.29) is 24.4 Å². The first-order valence-corrected chi connectivity index (χ1v) is 10.2. The van der Waals surface area contributed by atoms with Gasteiger partial charge in [-0.2, -0.15) is 0 Å². The van der Waals surface area contributed by atoms with Crippen molar-refractivity contribution in [2.45, 2.75) is 25.5 Å². The minimum atomic E-state index is -1.06. The van der Waals surface area contributed by atoms with Gasteiger partial charge in [-0.15, -0.1) is 0 Å². The Balaban J connectivity index is 1.74. The Kier molecular flexibility index (Phi) is 4.44. The van der Waals surface area contributed by atoms with Crippen LogP contribution in [0.15, 0.2) is 54.6 Å². The summed E-state index contributed by atoms with van der Waals surface area (Å²) in [6, 6.07) is 16.7. The summed E-state index contributed by atoms with van der Waals surface area (Å²) >= 11 is 6.36. The SMILES string of the molecule is Cc1cc(C)nc(OC2C(=O)N3CC(=O)Nc4ccc(Cl)cc4C23c2ccccc2)n1. The van der Waals surface area contributed by atoms with Crippen molar-refractivity contribution in [3.8, 4) is 6.01 Å². The summed E-state index contributed by atoms with van der Waals surface area (Å²) in [6.45, 7) is 3.58. The number of nitrogens with zero attached hydrogens (tertiary/aromatic N) is 3. The molecule has 2 amide bonds. The number of carbonyl (C=O) groups is 2. The number of ether oxygens (including phenoxy) is 1. The van der Waals surface area contributed by atoms with Crippen LogP contribution in [-0.4, -0.2) is 39.3 Å². The van der Waals surface area contributed by atoms with Crippen LogP contribution in [0.5, 0.6) is 6.01 Å². The van der Waals surface area contributed by atoms with Crippen molar-refractivity contribution in [2.24, 2.45) is 0 Å². The van der Waals surface area contributed by atoms with Gasteiger partial charge in [0.05, 0.1) is 0 Å². The Morgan fingerprint density at radius 2 is 1.77 bits per heavy atom. The molecule has 2 aliphatic rings. The van der Waals surface area contributed by atoms with Gasteiger partial charge >= 0.3 is 6.01 Å². The molecular formula is C23H19ClN4O3. The van der Waals surface area contributed by atoms with Gasteiger partial charge in [0.1, 0.15) is 12.1 Å². The second-order valence-electron chi connectivity index (χ2n) is 7.73. The highest BCUT2D eigenvalue weighted by molar-refractivity contribution is 6.30. The van der Waals surface area contributed by atoms with Crippen LogP contribution in [0, 0.1) is 13.8 Å². The van der Waals surface area contributed by atoms with Crippen LogP contribution in [-0.2, 0) is 15.1 Å². The van der Waals surface area contributed by atoms with Crippen molar-refractivity contribution < 1.29 is 14.3 Å². The highest BCUT2D eigenvalue weighted by atomic mass is 35.5. The van der Waals surface area contributed by atoms with Gasteiger partial charge in [-0.25, -0.2) is 9.97 Å². The highest BCUT2D eigenvalue weighted by Gasteiger charge is 2.66. The molecule has 1 saturated heterocycles. The number of aromatic nitrogens is 2. The summed E-state index contributed by atoms with van der Waals surface area (Å²) in [4.78, 5) is 36.1. The average molecular weight is 435 g/mol. The number of benzene rings is 2. The Morgan fingerprint density at radius 1 is 1.06 bits per heavy atom. The topological polar surface area (TPSA) is 84.4 Å². The number of nitrogens with one attached hydrogen (secondary N) is 1. The maximum atomic E-state index is 13.3. The first-order valence-electron chi connectivity index (χ1n) is 9.85. The number of hydrogen-bond acceptors (Lipinski definition) is 5. The Bertz CT molecular complexity index is 1200. The molecule has 5 rings (SSSR count). The van der Waals surface area contributed by atoms with E-state index in [1.54, 1.807) is 18.2 Å². The van der Waals surface area contributed by atoms with E-state index in [1.165, 1.54) is 4.90 Å². The van der Waals surface area contributed by atoms with E-state index in [4.69, 9.17) is 16.3 Å². The lowest BCUT2D eigenvalue weighted by Gasteiger charge is -2.55. The number of aryl methyl sites for hydroxylation is 2. The fourth-order valence-corrected chi connectivity index (χ4v) is 4.65. The van der Waals surface area contributed by atoms with E-state index in [9.17, 15) is 9.59 Å². The molecule has 2 aromatic carbocycles. The van der Waals surface area contributed by atoms with Crippen molar-refractivity contribution in [1.29, 1.82) is 0 Å². The molecule has 1 fully saturated rings. The standard InChI is InChI=1S/C23H19ClN4O3/c1-13-10-14(2)26-22(25-13)31-20-21(30)28-12-19(29)27-18-9-8-16(24)11-17(18)23(20,28)15-6-4-3-5-7-15/h3-11,20H,12H2,1-2H3,(H,27,29). The third-order valence-electron chi connectivity index (χ3n) is 5.66. The molecule has 2 aliphatic heterocycles. The van der Waals surface area contributed by atoms with Gasteiger partial charge in [0.15, 0.2) is 0 Å². The predicted molar refractivity (Wildman–Crippen MR) is 115 cm³/mol. The maximum absolute atomic E-state index is 13.3. The zero-order valence-corrected chi connectivity index (χ0v) is 17.7. The van der Waals surface area contributed by atoms with Gasteiger partial charge in [-0.1, -0.05) is 41.9 Å². The van der Waals surface area contributed by atoms with E-state index >= 15 is 0 Å². The van der Waals surface area contributed by atoms with Crippen LogP contribution in [0.3, 0.4) is 0 Å². The van der Waals surface area contributed by atoms with E-state index in [2.05, 4.69) is 15.3 Å². The van der Waals surface area contributed by atoms with Gasteiger partial charge in [-0.3, -0.25) is 9.59 Å². The summed E-state index contributed by atoms with van der Waals surface area (Å²) in [5, 5.41) is 3.38. The molecule has 2 unspecified atom stereocenters. The first-order chi connectivity index (χ1) is 14.9. The quantitative estimate of drug-likeness (QED) is 0.640. The molecule has 8 heteroatoms. The molecule has 7 nitrogen and oxygen atoms in total. The molecule has 0 saturated carbocycles. The monoisotopic (exact) mass is 434 g/mol. The summed E-state index contributed by atoms with van der Waals surface area (Å²) in [5.41, 5.74) is 2.50. The maximum Gasteiger partial charge on any atom is 0.317 e. The molecule has 156 valence electrons. The van der Waals surface area contributed by atoms with Crippen LogP contribution in [0.25, 0.3) is 0 Å². The molecule has 3 heterocycles. The number of β-lactam (4-membered cyclic amide) rings is 1. The summed E-state index contributed by atoms with van der Waals surface area (Å²) in [5.74, 6) is -0.592. The number of rotatable bonds is 3. The van der Waals surface area contributed by atoms with Crippen LogP contribution in [0.2, 0.25) is 5.02 Å². The summed E-state index contributed by atoms with van der Waals surface area (Å²) in [6.07, 6.45) is -0.957. The molecular weight excluding hydrogens is 416 g/mol. The number of carbonyl (C=O) groups excluding carboxylic acids is 2. The van der Waals surface area contributed by atoms with Crippen LogP contribution < -0.4 is 10.1 Å². The Labute approximate surface area is 184 Å². The molecule has 1 aromatic heterocycles. The number of anilines is 1. The van der Waals surface area contributed by atoms with Gasteiger partial charge in [0.2, 0.25) is 12.0 Å². The van der Waals surface area contributed by atoms with E-state index < -0.39 is 11.6 Å². The normalized spacial score (nSPS) is 22.0. The zero-order valence-electron chi connectivity index (χ0n) is 16.9. The van der Waals surface area contributed by atoms with Crippen molar-refractivity contribution in [2.75, 3.05) is 11.9 Å². The third-order valence-corrected chi connectivity index (χ3v) is 5.90. The van der Waals surface area contributed by atoms with Crippen LogP contribution >= 0.6 is 11.6 Å². The van der Waals surface area contributed by atoms with Gasteiger partial charge in [0.25, 0.3) is 5.91 Å². The van der Waals surface area contributed by atoms with E-state index in [1.807, 2.05) is 50.2 Å². The van der Waals surface area contributed by atoms with Gasteiger partial charge in [-0.05, 0) is 43.7 Å². The molecule has 3 aromatic rings. The lowest BCUT2D eigenvalue weighted by atomic mass is 9.69. The molecule has 0 radical (unpaired) electrons. The number of hydrogen-bond donors (Lipinski definition) is 1. The highest BCUT2D eigenvalue weighted by Crippen LogP contribution is 2.52. The number of amides is 2. The molecule has 0 bridgehead atoms. The molecule has 2 atom stereocenters. The van der Waals surface area contributed by atoms with Gasteiger partial charge in [0, 0.05) is 27.7 Å². The van der Waals surface area contributed by atoms with E-state index in [0.29, 0.717) is 16.3 Å². The lowest BCUT2D eigenvalue weighted by molar-refractivity contribution is -0.177. The summed E-state index contributed by atoms with van der Waals surface area (Å²) in [7, 11) is 0. The fourth-order valence-electron chi connectivity index (χ4n) is 4.48. The van der Waals surface area contributed by atoms with Crippen molar-refractivity contribution >= 4 is 29.1 Å².